The monoisotopic (exact) mass is 411 g/mol. The van der Waals surface area contributed by atoms with Crippen LogP contribution in [0.5, 0.6) is 0 Å². The minimum Gasteiger partial charge on any atom is -0.463 e. The molecule has 30 heavy (non-hydrogen) atoms. The average molecular weight is 411 g/mol. The van der Waals surface area contributed by atoms with E-state index in [0.29, 0.717) is 30.5 Å². The second-order valence-corrected chi connectivity index (χ2v) is 7.51. The SMILES string of the molecule is Cc1cc(Nc2cc(-c3c(C)cnn3C)cc(N3CCOC[C@H]3C)n2)n(C(=O)O)n1. The van der Waals surface area contributed by atoms with E-state index >= 15 is 0 Å². The number of ether oxygens (including phenoxy) is 1. The zero-order valence-electron chi connectivity index (χ0n) is 17.5. The number of anilines is 3. The third-order valence-electron chi connectivity index (χ3n) is 5.14. The first kappa shape index (κ1) is 19.9. The van der Waals surface area contributed by atoms with Gasteiger partial charge in [0.2, 0.25) is 0 Å². The van der Waals surface area contributed by atoms with E-state index in [1.165, 1.54) is 0 Å². The fourth-order valence-corrected chi connectivity index (χ4v) is 3.76. The summed E-state index contributed by atoms with van der Waals surface area (Å²) in [5.74, 6) is 1.67. The highest BCUT2D eigenvalue weighted by Gasteiger charge is 2.23. The molecule has 3 aromatic rings. The third-order valence-corrected chi connectivity index (χ3v) is 5.14. The number of hydrogen-bond donors (Lipinski definition) is 2. The Morgan fingerprint density at radius 3 is 2.77 bits per heavy atom. The van der Waals surface area contributed by atoms with Crippen molar-refractivity contribution in [2.75, 3.05) is 30.0 Å². The van der Waals surface area contributed by atoms with Crippen molar-refractivity contribution in [3.63, 3.8) is 0 Å². The van der Waals surface area contributed by atoms with Crippen molar-refractivity contribution in [2.24, 2.45) is 7.05 Å². The summed E-state index contributed by atoms with van der Waals surface area (Å²) >= 11 is 0. The fourth-order valence-electron chi connectivity index (χ4n) is 3.76. The number of carboxylic acid groups (broad SMARTS) is 1. The Labute approximate surface area is 174 Å². The summed E-state index contributed by atoms with van der Waals surface area (Å²) < 4.78 is 8.31. The van der Waals surface area contributed by atoms with Crippen molar-refractivity contribution in [2.45, 2.75) is 26.8 Å². The number of aryl methyl sites for hydroxylation is 3. The first-order valence-corrected chi connectivity index (χ1v) is 9.76. The number of nitrogens with one attached hydrogen (secondary N) is 1. The van der Waals surface area contributed by atoms with E-state index in [4.69, 9.17) is 9.72 Å². The highest BCUT2D eigenvalue weighted by molar-refractivity contribution is 5.76. The van der Waals surface area contributed by atoms with Gasteiger partial charge in [-0.3, -0.25) is 4.68 Å². The highest BCUT2D eigenvalue weighted by atomic mass is 16.5. The molecule has 3 aromatic heterocycles. The first-order valence-electron chi connectivity index (χ1n) is 9.76. The minimum atomic E-state index is -1.16. The van der Waals surface area contributed by atoms with Crippen molar-refractivity contribution in [1.29, 1.82) is 0 Å². The summed E-state index contributed by atoms with van der Waals surface area (Å²) in [6.45, 7) is 7.84. The van der Waals surface area contributed by atoms with Crippen LogP contribution in [-0.2, 0) is 11.8 Å². The molecule has 10 heteroatoms. The first-order chi connectivity index (χ1) is 14.3. The Morgan fingerprint density at radius 1 is 1.30 bits per heavy atom. The van der Waals surface area contributed by atoms with Crippen LogP contribution in [0.25, 0.3) is 11.3 Å². The Morgan fingerprint density at radius 2 is 2.10 bits per heavy atom. The maximum absolute atomic E-state index is 11.5. The number of aromatic nitrogens is 5. The van der Waals surface area contributed by atoms with E-state index in [1.807, 2.05) is 37.0 Å². The molecule has 0 amide bonds. The summed E-state index contributed by atoms with van der Waals surface area (Å²) in [4.78, 5) is 18.5. The number of nitrogens with zero attached hydrogens (tertiary/aromatic N) is 6. The minimum absolute atomic E-state index is 0.175. The molecule has 4 rings (SSSR count). The van der Waals surface area contributed by atoms with E-state index in [9.17, 15) is 9.90 Å². The second kappa shape index (κ2) is 7.79. The van der Waals surface area contributed by atoms with Gasteiger partial charge in [-0.2, -0.15) is 10.2 Å². The van der Waals surface area contributed by atoms with Gasteiger partial charge in [-0.1, -0.05) is 0 Å². The van der Waals surface area contributed by atoms with Crippen molar-refractivity contribution in [1.82, 2.24) is 24.5 Å². The molecule has 0 spiro atoms. The lowest BCUT2D eigenvalue weighted by Crippen LogP contribution is -2.44. The molecular formula is C20H25N7O3. The maximum Gasteiger partial charge on any atom is 0.434 e. The fraction of sp³-hybridized carbons (Fsp3) is 0.400. The predicted octanol–water partition coefficient (Wildman–Crippen LogP) is 2.79. The van der Waals surface area contributed by atoms with Gasteiger partial charge in [0.25, 0.3) is 0 Å². The van der Waals surface area contributed by atoms with Gasteiger partial charge in [0, 0.05) is 25.2 Å². The van der Waals surface area contributed by atoms with Crippen molar-refractivity contribution in [3.8, 4) is 11.3 Å². The van der Waals surface area contributed by atoms with Gasteiger partial charge in [0.15, 0.2) is 0 Å². The van der Waals surface area contributed by atoms with E-state index < -0.39 is 6.09 Å². The summed E-state index contributed by atoms with van der Waals surface area (Å²) in [6.07, 6.45) is 0.661. The Kier molecular flexibility index (Phi) is 5.17. The van der Waals surface area contributed by atoms with Crippen LogP contribution in [0.3, 0.4) is 0 Å². The molecule has 0 bridgehead atoms. The number of rotatable bonds is 4. The lowest BCUT2D eigenvalue weighted by Gasteiger charge is -2.34. The molecule has 2 N–H and O–H groups in total. The van der Waals surface area contributed by atoms with Crippen LogP contribution in [0.2, 0.25) is 0 Å². The van der Waals surface area contributed by atoms with Crippen LogP contribution in [0.1, 0.15) is 18.2 Å². The standard InChI is InChI=1S/C20H25N7O3/c1-12-10-21-25(4)19(12)15-8-16(23-18-7-13(2)24-27(18)20(28)29)22-17(9-15)26-5-6-30-11-14(26)3/h7-10,14H,5-6,11H2,1-4H3,(H,22,23)(H,28,29)/t14-/m1/s1. The molecule has 10 nitrogen and oxygen atoms in total. The van der Waals surface area contributed by atoms with Gasteiger partial charge in [0.05, 0.1) is 36.8 Å². The normalized spacial score (nSPS) is 16.7. The lowest BCUT2D eigenvalue weighted by molar-refractivity contribution is 0.0985. The summed E-state index contributed by atoms with van der Waals surface area (Å²) in [5.41, 5.74) is 3.56. The average Bonchev–Trinajstić information content (AvgIpc) is 3.23. The second-order valence-electron chi connectivity index (χ2n) is 7.51. The topological polar surface area (TPSA) is 110 Å². The molecule has 0 aromatic carbocycles. The predicted molar refractivity (Wildman–Crippen MR) is 112 cm³/mol. The molecule has 1 fully saturated rings. The van der Waals surface area contributed by atoms with Gasteiger partial charge >= 0.3 is 6.09 Å². The summed E-state index contributed by atoms with van der Waals surface area (Å²) in [6, 6.07) is 5.78. The molecule has 0 saturated carbocycles. The molecule has 1 atom stereocenters. The van der Waals surface area contributed by atoms with Gasteiger partial charge in [-0.15, -0.1) is 4.68 Å². The van der Waals surface area contributed by atoms with Crippen molar-refractivity contribution < 1.29 is 14.6 Å². The zero-order valence-corrected chi connectivity index (χ0v) is 17.5. The van der Waals surface area contributed by atoms with Crippen LogP contribution < -0.4 is 10.2 Å². The van der Waals surface area contributed by atoms with Gasteiger partial charge in [-0.25, -0.2) is 9.78 Å². The Hall–Kier alpha value is -3.40. The zero-order chi connectivity index (χ0) is 21.4. The molecule has 0 unspecified atom stereocenters. The number of hydrogen-bond acceptors (Lipinski definition) is 7. The highest BCUT2D eigenvalue weighted by Crippen LogP contribution is 2.31. The summed E-state index contributed by atoms with van der Waals surface area (Å²) in [7, 11) is 1.90. The van der Waals surface area contributed by atoms with Crippen molar-refractivity contribution >= 4 is 23.5 Å². The van der Waals surface area contributed by atoms with E-state index in [1.54, 1.807) is 13.0 Å². The molecule has 0 radical (unpaired) electrons. The van der Waals surface area contributed by atoms with Gasteiger partial charge in [-0.05, 0) is 38.5 Å². The number of carbonyl (C=O) groups is 1. The Bertz CT molecular complexity index is 1070. The lowest BCUT2D eigenvalue weighted by atomic mass is 10.1. The molecule has 1 aliphatic rings. The molecule has 0 aliphatic carbocycles. The molecule has 158 valence electrons. The van der Waals surface area contributed by atoms with Crippen LogP contribution >= 0.6 is 0 Å². The third kappa shape index (κ3) is 3.73. The number of pyridine rings is 1. The quantitative estimate of drug-likeness (QED) is 0.674. The van der Waals surface area contributed by atoms with Crippen LogP contribution in [-0.4, -0.2) is 61.5 Å². The summed E-state index contributed by atoms with van der Waals surface area (Å²) in [5, 5.41) is 20.9. The van der Waals surface area contributed by atoms with Crippen LogP contribution in [0, 0.1) is 13.8 Å². The maximum atomic E-state index is 11.5. The molecule has 1 saturated heterocycles. The Balaban J connectivity index is 1.81. The van der Waals surface area contributed by atoms with Crippen LogP contribution in [0.15, 0.2) is 24.4 Å². The van der Waals surface area contributed by atoms with Gasteiger partial charge < -0.3 is 20.1 Å². The smallest absolute Gasteiger partial charge is 0.434 e. The largest absolute Gasteiger partial charge is 0.463 e. The van der Waals surface area contributed by atoms with Crippen LogP contribution in [0.4, 0.5) is 22.2 Å². The van der Waals surface area contributed by atoms with E-state index in [2.05, 4.69) is 27.3 Å². The van der Waals surface area contributed by atoms with E-state index in [0.717, 1.165) is 33.9 Å². The molecular weight excluding hydrogens is 386 g/mol. The van der Waals surface area contributed by atoms with Crippen molar-refractivity contribution in [3.05, 3.63) is 35.7 Å². The molecule has 1 aliphatic heterocycles. The number of morpholine rings is 1. The molecule has 4 heterocycles. The van der Waals surface area contributed by atoms with E-state index in [-0.39, 0.29) is 6.04 Å². The van der Waals surface area contributed by atoms with Gasteiger partial charge in [0.1, 0.15) is 17.5 Å².